The molecule has 4 rings (SSSR count). The SMILES string of the molecule is NNc1cc(-c2ccccc2)nc2cc(C3CCC3)nn12. The van der Waals surface area contributed by atoms with E-state index in [0.29, 0.717) is 5.92 Å². The molecule has 0 radical (unpaired) electrons. The number of hydrogen-bond acceptors (Lipinski definition) is 4. The van der Waals surface area contributed by atoms with Gasteiger partial charge in [-0.25, -0.2) is 10.8 Å². The van der Waals surface area contributed by atoms with Crippen LogP contribution in [-0.2, 0) is 0 Å². The number of fused-ring (bicyclic) bond motifs is 1. The monoisotopic (exact) mass is 279 g/mol. The molecule has 0 aliphatic heterocycles. The van der Waals surface area contributed by atoms with Crippen molar-refractivity contribution in [3.8, 4) is 11.3 Å². The second-order valence-electron chi connectivity index (χ2n) is 5.50. The minimum Gasteiger partial charge on any atom is -0.308 e. The van der Waals surface area contributed by atoms with Crippen molar-refractivity contribution in [2.24, 2.45) is 5.84 Å². The summed E-state index contributed by atoms with van der Waals surface area (Å²) >= 11 is 0. The quantitative estimate of drug-likeness (QED) is 0.571. The fraction of sp³-hybridized carbons (Fsp3) is 0.250. The van der Waals surface area contributed by atoms with Gasteiger partial charge in [-0.2, -0.15) is 9.61 Å². The number of hydrazine groups is 1. The number of anilines is 1. The Kier molecular flexibility index (Phi) is 2.86. The third-order valence-electron chi connectivity index (χ3n) is 4.19. The minimum absolute atomic E-state index is 0.581. The number of nitrogens with two attached hydrogens (primary N) is 1. The van der Waals surface area contributed by atoms with Crippen molar-refractivity contribution >= 4 is 11.5 Å². The lowest BCUT2D eigenvalue weighted by atomic mass is 9.83. The highest BCUT2D eigenvalue weighted by Gasteiger charge is 2.23. The van der Waals surface area contributed by atoms with Crippen molar-refractivity contribution in [1.29, 1.82) is 0 Å². The largest absolute Gasteiger partial charge is 0.308 e. The van der Waals surface area contributed by atoms with Crippen LogP contribution in [0.5, 0.6) is 0 Å². The fourth-order valence-corrected chi connectivity index (χ4v) is 2.76. The third-order valence-corrected chi connectivity index (χ3v) is 4.19. The minimum atomic E-state index is 0.581. The van der Waals surface area contributed by atoms with Crippen LogP contribution in [-0.4, -0.2) is 14.6 Å². The lowest BCUT2D eigenvalue weighted by Gasteiger charge is -2.22. The normalized spacial score (nSPS) is 15.1. The maximum Gasteiger partial charge on any atom is 0.158 e. The summed E-state index contributed by atoms with van der Waals surface area (Å²) in [6.45, 7) is 0. The van der Waals surface area contributed by atoms with Crippen molar-refractivity contribution in [1.82, 2.24) is 14.6 Å². The van der Waals surface area contributed by atoms with Gasteiger partial charge in [0, 0.05) is 23.6 Å². The predicted molar refractivity (Wildman–Crippen MR) is 82.8 cm³/mol. The first-order valence-electron chi connectivity index (χ1n) is 7.28. The highest BCUT2D eigenvalue weighted by molar-refractivity contribution is 5.66. The Hall–Kier alpha value is -2.40. The molecule has 3 N–H and O–H groups in total. The zero-order valence-corrected chi connectivity index (χ0v) is 11.7. The molecule has 106 valence electrons. The molecular formula is C16H17N5. The number of benzene rings is 1. The summed E-state index contributed by atoms with van der Waals surface area (Å²) < 4.78 is 1.79. The van der Waals surface area contributed by atoms with E-state index >= 15 is 0 Å². The standard InChI is InChI=1S/C16H17N5/c17-19-16-9-13(11-5-2-1-3-6-11)18-15-10-14(20-21(15)16)12-7-4-8-12/h1-3,5-6,9-10,12,19H,4,7-8,17H2. The van der Waals surface area contributed by atoms with Crippen LogP contribution in [0.1, 0.15) is 30.9 Å². The molecule has 0 saturated heterocycles. The van der Waals surface area contributed by atoms with Crippen molar-refractivity contribution in [3.05, 3.63) is 48.2 Å². The number of hydrogen-bond donors (Lipinski definition) is 2. The van der Waals surface area contributed by atoms with Gasteiger partial charge in [-0.15, -0.1) is 0 Å². The number of rotatable bonds is 3. The van der Waals surface area contributed by atoms with E-state index in [-0.39, 0.29) is 0 Å². The third kappa shape index (κ3) is 2.06. The van der Waals surface area contributed by atoms with Crippen LogP contribution in [0.25, 0.3) is 16.9 Å². The average Bonchev–Trinajstić information content (AvgIpc) is 2.88. The Bertz CT molecular complexity index is 774. The van der Waals surface area contributed by atoms with Crippen molar-refractivity contribution in [3.63, 3.8) is 0 Å². The Morgan fingerprint density at radius 3 is 2.62 bits per heavy atom. The van der Waals surface area contributed by atoms with Gasteiger partial charge in [0.1, 0.15) is 5.82 Å². The highest BCUT2D eigenvalue weighted by atomic mass is 15.4. The molecule has 0 atom stereocenters. The van der Waals surface area contributed by atoms with Gasteiger partial charge in [0.05, 0.1) is 11.4 Å². The molecule has 3 aromatic rings. The van der Waals surface area contributed by atoms with Crippen LogP contribution in [0.15, 0.2) is 42.5 Å². The molecule has 1 aromatic carbocycles. The molecule has 1 aliphatic rings. The number of nitrogen functional groups attached to an aromatic ring is 1. The molecule has 1 fully saturated rings. The van der Waals surface area contributed by atoms with Crippen LogP contribution in [0, 0.1) is 0 Å². The van der Waals surface area contributed by atoms with Crippen LogP contribution < -0.4 is 11.3 Å². The summed E-state index contributed by atoms with van der Waals surface area (Å²) in [6, 6.07) is 14.1. The molecule has 5 nitrogen and oxygen atoms in total. The summed E-state index contributed by atoms with van der Waals surface area (Å²) in [5, 5.41) is 4.65. The molecule has 0 spiro atoms. The van der Waals surface area contributed by atoms with Gasteiger partial charge < -0.3 is 5.43 Å². The lowest BCUT2D eigenvalue weighted by molar-refractivity contribution is 0.410. The molecule has 21 heavy (non-hydrogen) atoms. The summed E-state index contributed by atoms with van der Waals surface area (Å²) in [7, 11) is 0. The molecule has 2 heterocycles. The Morgan fingerprint density at radius 1 is 1.14 bits per heavy atom. The van der Waals surface area contributed by atoms with Crippen LogP contribution >= 0.6 is 0 Å². The zero-order valence-electron chi connectivity index (χ0n) is 11.7. The van der Waals surface area contributed by atoms with Crippen molar-refractivity contribution in [2.75, 3.05) is 5.43 Å². The lowest BCUT2D eigenvalue weighted by Crippen LogP contribution is -2.13. The molecule has 1 saturated carbocycles. The van der Waals surface area contributed by atoms with Gasteiger partial charge in [-0.1, -0.05) is 36.8 Å². The Morgan fingerprint density at radius 2 is 1.95 bits per heavy atom. The van der Waals surface area contributed by atoms with Crippen molar-refractivity contribution in [2.45, 2.75) is 25.2 Å². The van der Waals surface area contributed by atoms with Gasteiger partial charge in [0.25, 0.3) is 0 Å². The molecule has 5 heteroatoms. The van der Waals surface area contributed by atoms with E-state index in [1.165, 1.54) is 19.3 Å². The molecule has 2 aromatic heterocycles. The van der Waals surface area contributed by atoms with Gasteiger partial charge in [0.2, 0.25) is 0 Å². The summed E-state index contributed by atoms with van der Waals surface area (Å²) in [5.74, 6) is 6.99. The Balaban J connectivity index is 1.86. The molecule has 1 aliphatic carbocycles. The average molecular weight is 279 g/mol. The first-order valence-corrected chi connectivity index (χ1v) is 7.28. The second-order valence-corrected chi connectivity index (χ2v) is 5.50. The van der Waals surface area contributed by atoms with Crippen molar-refractivity contribution < 1.29 is 0 Å². The topological polar surface area (TPSA) is 68.2 Å². The van der Waals surface area contributed by atoms with Crippen LogP contribution in [0.2, 0.25) is 0 Å². The van der Waals surface area contributed by atoms with E-state index in [0.717, 1.165) is 28.4 Å². The summed E-state index contributed by atoms with van der Waals surface area (Å²) in [6.07, 6.45) is 3.74. The Labute approximate surface area is 122 Å². The number of nitrogens with zero attached hydrogens (tertiary/aromatic N) is 3. The maximum absolute atomic E-state index is 5.66. The molecule has 0 unspecified atom stereocenters. The van der Waals surface area contributed by atoms with E-state index in [4.69, 9.17) is 10.8 Å². The second kappa shape index (κ2) is 4.86. The molecule has 0 bridgehead atoms. The summed E-state index contributed by atoms with van der Waals surface area (Å²) in [5.41, 5.74) is 6.66. The maximum atomic E-state index is 5.66. The molecule has 0 amide bonds. The van der Waals surface area contributed by atoms with E-state index in [1.54, 1.807) is 4.52 Å². The first-order chi connectivity index (χ1) is 10.3. The van der Waals surface area contributed by atoms with E-state index < -0.39 is 0 Å². The zero-order chi connectivity index (χ0) is 14.2. The first kappa shape index (κ1) is 12.3. The van der Waals surface area contributed by atoms with E-state index in [1.807, 2.05) is 36.4 Å². The van der Waals surface area contributed by atoms with Crippen LogP contribution in [0.3, 0.4) is 0 Å². The fourth-order valence-electron chi connectivity index (χ4n) is 2.76. The number of aromatic nitrogens is 3. The van der Waals surface area contributed by atoms with Crippen LogP contribution in [0.4, 0.5) is 5.82 Å². The van der Waals surface area contributed by atoms with Gasteiger partial charge in [-0.05, 0) is 12.8 Å². The van der Waals surface area contributed by atoms with Gasteiger partial charge in [0.15, 0.2) is 5.65 Å². The number of nitrogens with one attached hydrogen (secondary N) is 1. The predicted octanol–water partition coefficient (Wildman–Crippen LogP) is 2.95. The van der Waals surface area contributed by atoms with E-state index in [2.05, 4.69) is 16.6 Å². The van der Waals surface area contributed by atoms with Gasteiger partial charge >= 0.3 is 0 Å². The smallest absolute Gasteiger partial charge is 0.158 e. The van der Waals surface area contributed by atoms with Gasteiger partial charge in [-0.3, -0.25) is 0 Å². The highest BCUT2D eigenvalue weighted by Crippen LogP contribution is 2.36. The summed E-state index contributed by atoms with van der Waals surface area (Å²) in [4.78, 5) is 4.72. The molecular weight excluding hydrogens is 262 g/mol. The van der Waals surface area contributed by atoms with E-state index in [9.17, 15) is 0 Å².